The predicted molar refractivity (Wildman–Crippen MR) is 107 cm³/mol. The molecular weight excluding hydrogens is 508 g/mol. The molecule has 0 aromatic heterocycles. The van der Waals surface area contributed by atoms with Gasteiger partial charge in [-0.05, 0) is 54.6 Å². The van der Waals surface area contributed by atoms with Gasteiger partial charge in [-0.25, -0.2) is 8.78 Å². The molecule has 36 heavy (non-hydrogen) atoms. The van der Waals surface area contributed by atoms with Gasteiger partial charge in [-0.3, -0.25) is 9.59 Å². The lowest BCUT2D eigenvalue weighted by Gasteiger charge is -2.16. The first-order chi connectivity index (χ1) is 16.6. The molecule has 14 heteroatoms. The molecule has 3 rings (SSSR count). The Kier molecular flexibility index (Phi) is 7.08. The fraction of sp³-hybridized carbons (Fsp3) is 0.0909. The van der Waals surface area contributed by atoms with Crippen LogP contribution in [0.4, 0.5) is 40.8 Å². The predicted octanol–water partition coefficient (Wildman–Crippen LogP) is 6.03. The van der Waals surface area contributed by atoms with E-state index in [1.165, 1.54) is 0 Å². The quantitative estimate of drug-likeness (QED) is 0.389. The average Bonchev–Trinajstić information content (AvgIpc) is 2.72. The summed E-state index contributed by atoms with van der Waals surface area (Å²) in [6, 6.07) is 6.67. The van der Waals surface area contributed by atoms with Crippen molar-refractivity contribution in [3.05, 3.63) is 82.9 Å². The molecule has 0 fully saturated rings. The molecule has 0 unspecified atom stereocenters. The number of carbonyl (C=O) groups is 2. The van der Waals surface area contributed by atoms with Crippen LogP contribution in [0.1, 0.15) is 26.3 Å². The van der Waals surface area contributed by atoms with Crippen molar-refractivity contribution < 1.29 is 54.2 Å². The van der Waals surface area contributed by atoms with Crippen molar-refractivity contribution in [1.29, 1.82) is 0 Å². The van der Waals surface area contributed by atoms with Gasteiger partial charge in [0, 0.05) is 11.3 Å². The summed E-state index contributed by atoms with van der Waals surface area (Å²) in [4.78, 5) is 24.0. The first kappa shape index (κ1) is 26.2. The van der Waals surface area contributed by atoms with Gasteiger partial charge < -0.3 is 20.5 Å². The summed E-state index contributed by atoms with van der Waals surface area (Å²) in [5.41, 5.74) is 1.12. The fourth-order valence-electron chi connectivity index (χ4n) is 2.91. The second-order valence-corrected chi connectivity index (χ2v) is 6.97. The number of primary amides is 1. The molecule has 3 aromatic carbocycles. The van der Waals surface area contributed by atoms with Crippen LogP contribution in [0.3, 0.4) is 0 Å². The molecule has 0 aliphatic carbocycles. The molecule has 0 aliphatic heterocycles. The molecule has 0 saturated heterocycles. The number of halogens is 8. The Hall–Kier alpha value is -4.36. The zero-order valence-electron chi connectivity index (χ0n) is 17.4. The summed E-state index contributed by atoms with van der Waals surface area (Å²) in [6.07, 6.45) is -10.2. The van der Waals surface area contributed by atoms with Crippen LogP contribution in [0, 0.1) is 11.6 Å². The highest BCUT2D eigenvalue weighted by molar-refractivity contribution is 6.07. The van der Waals surface area contributed by atoms with Crippen LogP contribution in [0.2, 0.25) is 0 Å². The molecular formula is C22H12F8N2O4. The molecule has 6 nitrogen and oxygen atoms in total. The van der Waals surface area contributed by atoms with Gasteiger partial charge in [0.1, 0.15) is 28.6 Å². The highest BCUT2D eigenvalue weighted by Gasteiger charge is 2.37. The number of rotatable bonds is 6. The van der Waals surface area contributed by atoms with E-state index in [9.17, 15) is 44.7 Å². The highest BCUT2D eigenvalue weighted by atomic mass is 19.4. The third-order valence-corrected chi connectivity index (χ3v) is 4.36. The SMILES string of the molecule is NC(=O)c1cc(F)cc(NC(=O)c2c(Oc3ccc(OC(F)(F)F)cc3)ccc(C(F)(F)F)c2F)c1. The number of amides is 2. The minimum atomic E-state index is -5.22. The summed E-state index contributed by atoms with van der Waals surface area (Å²) >= 11 is 0. The fourth-order valence-corrected chi connectivity index (χ4v) is 2.91. The van der Waals surface area contributed by atoms with E-state index in [2.05, 4.69) is 4.74 Å². The van der Waals surface area contributed by atoms with Crippen LogP contribution in [-0.4, -0.2) is 18.2 Å². The number of alkyl halides is 6. The first-order valence-electron chi connectivity index (χ1n) is 9.49. The maximum Gasteiger partial charge on any atom is 0.573 e. The molecule has 190 valence electrons. The number of nitrogens with one attached hydrogen (secondary N) is 1. The van der Waals surface area contributed by atoms with Crippen LogP contribution in [0.5, 0.6) is 17.2 Å². The zero-order chi connectivity index (χ0) is 26.8. The molecule has 2 amide bonds. The standard InChI is InChI=1S/C22H12F8N2O4/c23-11-7-10(19(31)33)8-12(9-11)32-20(34)17-16(6-5-15(18(17)24)21(25,26)27)35-13-1-3-14(4-2-13)36-22(28,29)30/h1-9H,(H2,31,33)(H,32,34). The monoisotopic (exact) mass is 520 g/mol. The summed E-state index contributed by atoms with van der Waals surface area (Å²) in [6.45, 7) is 0. The Morgan fingerprint density at radius 1 is 0.833 bits per heavy atom. The summed E-state index contributed by atoms with van der Waals surface area (Å²) < 4.78 is 114. The summed E-state index contributed by atoms with van der Waals surface area (Å²) in [7, 11) is 0. The van der Waals surface area contributed by atoms with Gasteiger partial charge in [0.25, 0.3) is 5.91 Å². The van der Waals surface area contributed by atoms with Gasteiger partial charge in [0.2, 0.25) is 5.91 Å². The number of hydrogen-bond donors (Lipinski definition) is 2. The topological polar surface area (TPSA) is 90.7 Å². The lowest BCUT2D eigenvalue weighted by atomic mass is 10.1. The van der Waals surface area contributed by atoms with Gasteiger partial charge in [0.15, 0.2) is 5.82 Å². The van der Waals surface area contributed by atoms with Crippen molar-refractivity contribution in [2.75, 3.05) is 5.32 Å². The van der Waals surface area contributed by atoms with E-state index < -0.39 is 69.9 Å². The Bertz CT molecular complexity index is 1310. The maximum atomic E-state index is 14.9. The molecule has 0 heterocycles. The minimum Gasteiger partial charge on any atom is -0.456 e. The molecule has 3 aromatic rings. The number of hydrogen-bond acceptors (Lipinski definition) is 4. The van der Waals surface area contributed by atoms with Crippen LogP contribution in [0.15, 0.2) is 54.6 Å². The molecule has 0 radical (unpaired) electrons. The van der Waals surface area contributed by atoms with E-state index in [1.54, 1.807) is 0 Å². The van der Waals surface area contributed by atoms with E-state index in [0.717, 1.165) is 36.4 Å². The molecule has 0 bridgehead atoms. The molecule has 0 atom stereocenters. The summed E-state index contributed by atoms with van der Waals surface area (Å²) in [5, 5.41) is 1.96. The average molecular weight is 520 g/mol. The van der Waals surface area contributed by atoms with Crippen LogP contribution >= 0.6 is 0 Å². The number of nitrogens with two attached hydrogens (primary N) is 1. The normalized spacial score (nSPS) is 11.7. The van der Waals surface area contributed by atoms with E-state index in [4.69, 9.17) is 10.5 Å². The maximum absolute atomic E-state index is 14.9. The van der Waals surface area contributed by atoms with Crippen molar-refractivity contribution in [3.8, 4) is 17.2 Å². The van der Waals surface area contributed by atoms with E-state index in [-0.39, 0.29) is 11.8 Å². The largest absolute Gasteiger partial charge is 0.573 e. The summed E-state index contributed by atoms with van der Waals surface area (Å²) in [5.74, 6) is -7.38. The minimum absolute atomic E-state index is 0.288. The Balaban J connectivity index is 2.00. The van der Waals surface area contributed by atoms with Crippen LogP contribution < -0.4 is 20.5 Å². The Morgan fingerprint density at radius 3 is 2.00 bits per heavy atom. The number of carbonyl (C=O) groups excluding carboxylic acids is 2. The van der Waals surface area contributed by atoms with Crippen molar-refractivity contribution in [2.24, 2.45) is 5.73 Å². The van der Waals surface area contributed by atoms with Gasteiger partial charge in [0.05, 0.1) is 5.56 Å². The number of ether oxygens (including phenoxy) is 2. The van der Waals surface area contributed by atoms with E-state index in [1.807, 2.05) is 5.32 Å². The second-order valence-electron chi connectivity index (χ2n) is 6.97. The lowest BCUT2D eigenvalue weighted by molar-refractivity contribution is -0.274. The second kappa shape index (κ2) is 9.71. The van der Waals surface area contributed by atoms with Crippen molar-refractivity contribution >= 4 is 17.5 Å². The van der Waals surface area contributed by atoms with Crippen molar-refractivity contribution in [2.45, 2.75) is 12.5 Å². The van der Waals surface area contributed by atoms with Crippen LogP contribution in [-0.2, 0) is 6.18 Å². The first-order valence-corrected chi connectivity index (χ1v) is 9.49. The lowest BCUT2D eigenvalue weighted by Crippen LogP contribution is -2.19. The molecule has 0 aliphatic rings. The van der Waals surface area contributed by atoms with Crippen LogP contribution in [0.25, 0.3) is 0 Å². The Morgan fingerprint density at radius 2 is 1.44 bits per heavy atom. The Labute approximate surface area is 196 Å². The zero-order valence-corrected chi connectivity index (χ0v) is 17.4. The van der Waals surface area contributed by atoms with E-state index >= 15 is 0 Å². The highest BCUT2D eigenvalue weighted by Crippen LogP contribution is 2.38. The number of benzene rings is 3. The van der Waals surface area contributed by atoms with Gasteiger partial charge in [-0.2, -0.15) is 13.2 Å². The van der Waals surface area contributed by atoms with Gasteiger partial charge >= 0.3 is 12.5 Å². The molecule has 0 saturated carbocycles. The number of anilines is 1. The van der Waals surface area contributed by atoms with Gasteiger partial charge in [-0.1, -0.05) is 0 Å². The van der Waals surface area contributed by atoms with E-state index in [0.29, 0.717) is 12.1 Å². The van der Waals surface area contributed by atoms with Crippen molar-refractivity contribution in [1.82, 2.24) is 0 Å². The third-order valence-electron chi connectivity index (χ3n) is 4.36. The van der Waals surface area contributed by atoms with Gasteiger partial charge in [-0.15, -0.1) is 13.2 Å². The van der Waals surface area contributed by atoms with Crippen molar-refractivity contribution in [3.63, 3.8) is 0 Å². The molecule has 0 spiro atoms. The molecule has 3 N–H and O–H groups in total. The third kappa shape index (κ3) is 6.40. The smallest absolute Gasteiger partial charge is 0.456 e.